The van der Waals surface area contributed by atoms with E-state index in [-0.39, 0.29) is 22.5 Å². The molecule has 0 saturated carbocycles. The number of carbonyl (C=O) groups excluding carboxylic acids is 2. The molecule has 2 amide bonds. The Morgan fingerprint density at radius 3 is 2.33 bits per heavy atom. The first-order valence-electron chi connectivity index (χ1n) is 11.3. The van der Waals surface area contributed by atoms with Crippen molar-refractivity contribution < 1.29 is 18.0 Å². The van der Waals surface area contributed by atoms with Crippen molar-refractivity contribution in [3.05, 3.63) is 60.2 Å². The van der Waals surface area contributed by atoms with Crippen molar-refractivity contribution in [2.24, 2.45) is 5.92 Å². The Balaban J connectivity index is 1.27. The highest BCUT2D eigenvalue weighted by molar-refractivity contribution is 8.13. The number of carbonyl (C=O) groups is 2. The minimum atomic E-state index is -3.56. The van der Waals surface area contributed by atoms with E-state index >= 15 is 0 Å². The minimum Gasteiger partial charge on any atom is -0.332 e. The molecule has 0 spiro atoms. The van der Waals surface area contributed by atoms with Crippen LogP contribution in [0.3, 0.4) is 0 Å². The summed E-state index contributed by atoms with van der Waals surface area (Å²) in [7, 11) is -3.56. The highest BCUT2D eigenvalue weighted by Gasteiger charge is 2.29. The molecule has 176 valence electrons. The number of hydrogen-bond donors (Lipinski definition) is 1. The molecule has 2 fully saturated rings. The number of benzene rings is 2. The van der Waals surface area contributed by atoms with Crippen LogP contribution in [0.2, 0.25) is 0 Å². The molecule has 0 radical (unpaired) electrons. The maximum Gasteiger partial charge on any atom is 0.281 e. The summed E-state index contributed by atoms with van der Waals surface area (Å²) in [6.07, 6.45) is 2.89. The number of anilines is 1. The predicted octanol–water partition coefficient (Wildman–Crippen LogP) is 3.83. The number of nitrogens with one attached hydrogen (secondary N) is 1. The summed E-state index contributed by atoms with van der Waals surface area (Å²) in [5.74, 6) is 1.06. The van der Waals surface area contributed by atoms with Crippen molar-refractivity contribution in [3.8, 4) is 0 Å². The van der Waals surface area contributed by atoms with Gasteiger partial charge < -0.3 is 10.2 Å². The highest BCUT2D eigenvalue weighted by Crippen LogP contribution is 2.27. The fourth-order valence-corrected chi connectivity index (χ4v) is 6.57. The molecule has 0 bridgehead atoms. The standard InChI is InChI=1S/C24H29N3O4S2/c28-23(12-13-26-16-17-32-24(26)29)25-21-6-8-22(9-7-21)33(30,31)27-14-10-20(11-15-27)18-19-4-2-1-3-5-19/h1-9,20H,10-18H2,(H,25,28). The lowest BCUT2D eigenvalue weighted by atomic mass is 9.91. The minimum absolute atomic E-state index is 0.0152. The Labute approximate surface area is 199 Å². The lowest BCUT2D eigenvalue weighted by Gasteiger charge is -2.31. The van der Waals surface area contributed by atoms with Crippen LogP contribution < -0.4 is 5.32 Å². The van der Waals surface area contributed by atoms with Crippen molar-refractivity contribution in [3.63, 3.8) is 0 Å². The molecule has 2 heterocycles. The van der Waals surface area contributed by atoms with Gasteiger partial charge in [-0.05, 0) is 55.0 Å². The molecule has 9 heteroatoms. The first-order chi connectivity index (χ1) is 15.9. The van der Waals surface area contributed by atoms with Crippen molar-refractivity contribution in [2.45, 2.75) is 30.6 Å². The van der Waals surface area contributed by atoms with Crippen LogP contribution in [0.15, 0.2) is 59.5 Å². The van der Waals surface area contributed by atoms with Gasteiger partial charge in [-0.3, -0.25) is 9.59 Å². The largest absolute Gasteiger partial charge is 0.332 e. The molecule has 7 nitrogen and oxygen atoms in total. The van der Waals surface area contributed by atoms with Gasteiger partial charge in [-0.2, -0.15) is 4.31 Å². The van der Waals surface area contributed by atoms with Crippen LogP contribution in [0.25, 0.3) is 0 Å². The van der Waals surface area contributed by atoms with E-state index < -0.39 is 10.0 Å². The third-order valence-electron chi connectivity index (χ3n) is 6.17. The van der Waals surface area contributed by atoms with E-state index in [1.54, 1.807) is 33.5 Å². The zero-order chi connectivity index (χ0) is 23.3. The molecule has 0 aromatic heterocycles. The zero-order valence-corrected chi connectivity index (χ0v) is 20.1. The van der Waals surface area contributed by atoms with Crippen LogP contribution in [0.4, 0.5) is 10.5 Å². The smallest absolute Gasteiger partial charge is 0.281 e. The third kappa shape index (κ3) is 6.16. The second-order valence-electron chi connectivity index (χ2n) is 8.46. The summed E-state index contributed by atoms with van der Waals surface area (Å²) in [4.78, 5) is 25.7. The lowest BCUT2D eigenvalue weighted by molar-refractivity contribution is -0.116. The predicted molar refractivity (Wildman–Crippen MR) is 131 cm³/mol. The fraction of sp³-hybridized carbons (Fsp3) is 0.417. The number of amides is 2. The normalized spacial score (nSPS) is 17.9. The van der Waals surface area contributed by atoms with E-state index in [0.29, 0.717) is 37.8 Å². The lowest BCUT2D eigenvalue weighted by Crippen LogP contribution is -2.38. The van der Waals surface area contributed by atoms with Crippen molar-refractivity contribution in [1.29, 1.82) is 0 Å². The number of hydrogen-bond acceptors (Lipinski definition) is 5. The monoisotopic (exact) mass is 487 g/mol. The Hall–Kier alpha value is -2.36. The molecule has 0 aliphatic carbocycles. The summed E-state index contributed by atoms with van der Waals surface area (Å²) in [6.45, 7) is 2.11. The average molecular weight is 488 g/mol. The van der Waals surface area contributed by atoms with Gasteiger partial charge in [0.2, 0.25) is 15.9 Å². The summed E-state index contributed by atoms with van der Waals surface area (Å²) >= 11 is 1.27. The van der Waals surface area contributed by atoms with E-state index in [4.69, 9.17) is 0 Å². The number of nitrogens with zero attached hydrogens (tertiary/aromatic N) is 2. The van der Waals surface area contributed by atoms with Gasteiger partial charge in [-0.15, -0.1) is 0 Å². The molecular weight excluding hydrogens is 458 g/mol. The molecule has 1 N–H and O–H groups in total. The van der Waals surface area contributed by atoms with E-state index in [0.717, 1.165) is 25.0 Å². The first-order valence-corrected chi connectivity index (χ1v) is 13.7. The van der Waals surface area contributed by atoms with Crippen LogP contribution in [-0.4, -0.2) is 60.7 Å². The number of sulfonamides is 1. The van der Waals surface area contributed by atoms with Gasteiger partial charge in [0.15, 0.2) is 0 Å². The van der Waals surface area contributed by atoms with Crippen LogP contribution in [-0.2, 0) is 21.2 Å². The van der Waals surface area contributed by atoms with Gasteiger partial charge in [-0.25, -0.2) is 8.42 Å². The van der Waals surface area contributed by atoms with Gasteiger partial charge in [0, 0.05) is 44.0 Å². The van der Waals surface area contributed by atoms with Crippen LogP contribution >= 0.6 is 11.8 Å². The number of rotatable bonds is 8. The molecule has 0 atom stereocenters. The molecule has 2 saturated heterocycles. The zero-order valence-electron chi connectivity index (χ0n) is 18.5. The van der Waals surface area contributed by atoms with Crippen molar-refractivity contribution in [1.82, 2.24) is 9.21 Å². The first kappa shape index (κ1) is 23.8. The summed E-state index contributed by atoms with van der Waals surface area (Å²) in [5, 5.41) is 2.79. The SMILES string of the molecule is O=C(CCN1CCSC1=O)Nc1ccc(S(=O)(=O)N2CCC(Cc3ccccc3)CC2)cc1. The molecule has 33 heavy (non-hydrogen) atoms. The molecule has 4 rings (SSSR count). The molecular formula is C24H29N3O4S2. The Morgan fingerprint density at radius 1 is 1.00 bits per heavy atom. The maximum atomic E-state index is 13.1. The summed E-state index contributed by atoms with van der Waals surface area (Å²) < 4.78 is 27.7. The van der Waals surface area contributed by atoms with Crippen LogP contribution in [0, 0.1) is 5.92 Å². The van der Waals surface area contributed by atoms with E-state index in [1.165, 1.54) is 17.3 Å². The van der Waals surface area contributed by atoms with E-state index in [2.05, 4.69) is 17.4 Å². The Morgan fingerprint density at radius 2 is 1.70 bits per heavy atom. The molecule has 2 aromatic rings. The molecule has 0 unspecified atom stereocenters. The second kappa shape index (κ2) is 10.7. The number of thioether (sulfide) groups is 1. The van der Waals surface area contributed by atoms with E-state index in [9.17, 15) is 18.0 Å². The second-order valence-corrected chi connectivity index (χ2v) is 11.4. The fourth-order valence-electron chi connectivity index (χ4n) is 4.25. The third-order valence-corrected chi connectivity index (χ3v) is 8.97. The van der Waals surface area contributed by atoms with Gasteiger partial charge >= 0.3 is 0 Å². The van der Waals surface area contributed by atoms with Gasteiger partial charge in [0.05, 0.1) is 4.90 Å². The molecule has 2 aliphatic heterocycles. The Kier molecular flexibility index (Phi) is 7.72. The quantitative estimate of drug-likeness (QED) is 0.612. The topological polar surface area (TPSA) is 86.8 Å². The summed E-state index contributed by atoms with van der Waals surface area (Å²) in [5.41, 5.74) is 1.84. The van der Waals surface area contributed by atoms with Crippen LogP contribution in [0.5, 0.6) is 0 Å². The van der Waals surface area contributed by atoms with Gasteiger partial charge in [-0.1, -0.05) is 42.1 Å². The van der Waals surface area contributed by atoms with Crippen molar-refractivity contribution >= 4 is 38.6 Å². The van der Waals surface area contributed by atoms with Crippen molar-refractivity contribution in [2.75, 3.05) is 37.2 Å². The highest BCUT2D eigenvalue weighted by atomic mass is 32.2. The molecule has 2 aliphatic rings. The van der Waals surface area contributed by atoms with E-state index in [1.807, 2.05) is 18.2 Å². The average Bonchev–Trinajstić information content (AvgIpc) is 3.24. The summed E-state index contributed by atoms with van der Waals surface area (Å²) in [6, 6.07) is 16.6. The Bertz CT molecular complexity index is 1070. The van der Waals surface area contributed by atoms with Gasteiger partial charge in [0.25, 0.3) is 5.24 Å². The molecule has 2 aromatic carbocycles. The van der Waals surface area contributed by atoms with Gasteiger partial charge in [0.1, 0.15) is 0 Å². The number of piperidine rings is 1. The van der Waals surface area contributed by atoms with Crippen LogP contribution in [0.1, 0.15) is 24.8 Å². The maximum absolute atomic E-state index is 13.1.